The maximum atomic E-state index is 5.82. The molecule has 1 aromatic heterocycles. The van der Waals surface area contributed by atoms with E-state index in [9.17, 15) is 0 Å². The SMILES string of the molecule is COCc1nc(N)cc(N(C)Cc2ccccc2OC)n1. The molecule has 0 spiro atoms. The van der Waals surface area contributed by atoms with E-state index in [2.05, 4.69) is 9.97 Å². The van der Waals surface area contributed by atoms with E-state index in [0.717, 1.165) is 17.1 Å². The first-order valence-electron chi connectivity index (χ1n) is 6.59. The molecule has 112 valence electrons. The summed E-state index contributed by atoms with van der Waals surface area (Å²) >= 11 is 0. The molecule has 0 aliphatic rings. The number of benzene rings is 1. The summed E-state index contributed by atoms with van der Waals surface area (Å²) in [5.74, 6) is 2.60. The zero-order chi connectivity index (χ0) is 15.2. The maximum Gasteiger partial charge on any atom is 0.158 e. The fourth-order valence-corrected chi connectivity index (χ4v) is 2.06. The van der Waals surface area contributed by atoms with Crippen LogP contribution in [0, 0.1) is 0 Å². The van der Waals surface area contributed by atoms with E-state index in [4.69, 9.17) is 15.2 Å². The molecule has 6 nitrogen and oxygen atoms in total. The third-order valence-electron chi connectivity index (χ3n) is 3.04. The number of hydrogen-bond acceptors (Lipinski definition) is 6. The molecule has 0 saturated carbocycles. The van der Waals surface area contributed by atoms with Crippen LogP contribution in [0.4, 0.5) is 11.6 Å². The largest absolute Gasteiger partial charge is 0.496 e. The third kappa shape index (κ3) is 3.82. The molecule has 1 heterocycles. The molecule has 0 fully saturated rings. The number of hydrogen-bond donors (Lipinski definition) is 1. The smallest absolute Gasteiger partial charge is 0.158 e. The van der Waals surface area contributed by atoms with Crippen molar-refractivity contribution in [2.24, 2.45) is 0 Å². The van der Waals surface area contributed by atoms with Gasteiger partial charge in [0.25, 0.3) is 0 Å². The summed E-state index contributed by atoms with van der Waals surface area (Å²) in [5, 5.41) is 0. The van der Waals surface area contributed by atoms with Gasteiger partial charge < -0.3 is 20.1 Å². The Morgan fingerprint density at radius 3 is 2.67 bits per heavy atom. The molecule has 1 aromatic carbocycles. The lowest BCUT2D eigenvalue weighted by Gasteiger charge is -2.20. The van der Waals surface area contributed by atoms with Crippen LogP contribution in [0.2, 0.25) is 0 Å². The molecule has 0 unspecified atom stereocenters. The summed E-state index contributed by atoms with van der Waals surface area (Å²) in [6.45, 7) is 0.993. The first-order valence-corrected chi connectivity index (χ1v) is 6.59. The van der Waals surface area contributed by atoms with Gasteiger partial charge in [-0.05, 0) is 6.07 Å². The Labute approximate surface area is 124 Å². The Morgan fingerprint density at radius 1 is 1.19 bits per heavy atom. The molecule has 2 N–H and O–H groups in total. The molecular formula is C15H20N4O2. The van der Waals surface area contributed by atoms with Crippen molar-refractivity contribution < 1.29 is 9.47 Å². The highest BCUT2D eigenvalue weighted by Gasteiger charge is 2.10. The predicted molar refractivity (Wildman–Crippen MR) is 82.3 cm³/mol. The van der Waals surface area contributed by atoms with Crippen molar-refractivity contribution in [2.75, 3.05) is 31.9 Å². The predicted octanol–water partition coefficient (Wildman–Crippen LogP) is 1.85. The van der Waals surface area contributed by atoms with Gasteiger partial charge in [-0.3, -0.25) is 0 Å². The minimum atomic E-state index is 0.334. The first kappa shape index (κ1) is 15.1. The summed E-state index contributed by atoms with van der Waals surface area (Å²) in [7, 11) is 5.22. The molecule has 0 atom stereocenters. The van der Waals surface area contributed by atoms with Crippen molar-refractivity contribution in [3.8, 4) is 5.75 Å². The zero-order valence-electron chi connectivity index (χ0n) is 12.5. The molecule has 0 radical (unpaired) electrons. The molecular weight excluding hydrogens is 268 g/mol. The number of nitrogens with zero attached hydrogens (tertiary/aromatic N) is 3. The second kappa shape index (κ2) is 6.90. The van der Waals surface area contributed by atoms with E-state index in [1.165, 1.54) is 0 Å². The van der Waals surface area contributed by atoms with E-state index in [1.54, 1.807) is 20.3 Å². The molecule has 0 amide bonds. The van der Waals surface area contributed by atoms with E-state index in [0.29, 0.717) is 24.8 Å². The van der Waals surface area contributed by atoms with E-state index >= 15 is 0 Å². The normalized spacial score (nSPS) is 10.4. The summed E-state index contributed by atoms with van der Waals surface area (Å²) in [6, 6.07) is 9.64. The van der Waals surface area contributed by atoms with Gasteiger partial charge in [0, 0.05) is 32.3 Å². The van der Waals surface area contributed by atoms with Gasteiger partial charge in [0.1, 0.15) is 24.0 Å². The van der Waals surface area contributed by atoms with Gasteiger partial charge in [-0.25, -0.2) is 9.97 Å². The fraction of sp³-hybridized carbons (Fsp3) is 0.333. The van der Waals surface area contributed by atoms with Gasteiger partial charge in [0.2, 0.25) is 0 Å². The van der Waals surface area contributed by atoms with Crippen LogP contribution in [0.3, 0.4) is 0 Å². The van der Waals surface area contributed by atoms with Crippen molar-refractivity contribution in [2.45, 2.75) is 13.2 Å². The van der Waals surface area contributed by atoms with E-state index < -0.39 is 0 Å². The first-order chi connectivity index (χ1) is 10.1. The Morgan fingerprint density at radius 2 is 1.95 bits per heavy atom. The average Bonchev–Trinajstić information content (AvgIpc) is 2.47. The zero-order valence-corrected chi connectivity index (χ0v) is 12.5. The highest BCUT2D eigenvalue weighted by atomic mass is 16.5. The lowest BCUT2D eigenvalue weighted by molar-refractivity contribution is 0.178. The number of methoxy groups -OCH3 is 2. The third-order valence-corrected chi connectivity index (χ3v) is 3.04. The van der Waals surface area contributed by atoms with Crippen LogP contribution in [0.25, 0.3) is 0 Å². The second-order valence-electron chi connectivity index (χ2n) is 4.67. The molecule has 2 aromatic rings. The van der Waals surface area contributed by atoms with Crippen LogP contribution in [0.15, 0.2) is 30.3 Å². The summed E-state index contributed by atoms with van der Waals surface area (Å²) in [5.41, 5.74) is 6.90. The lowest BCUT2D eigenvalue weighted by atomic mass is 10.2. The standard InChI is InChI=1S/C15H20N4O2/c1-19(9-11-6-4-5-7-12(11)21-3)15-8-13(16)17-14(18-15)10-20-2/h4-8H,9-10H2,1-3H3,(H2,16,17,18). The van der Waals surface area contributed by atoms with Gasteiger partial charge >= 0.3 is 0 Å². The lowest BCUT2D eigenvalue weighted by Crippen LogP contribution is -2.19. The summed E-state index contributed by atoms with van der Waals surface area (Å²) in [6.07, 6.45) is 0. The monoisotopic (exact) mass is 288 g/mol. The van der Waals surface area contributed by atoms with Gasteiger partial charge in [0.05, 0.1) is 7.11 Å². The Kier molecular flexibility index (Phi) is 4.94. The number of rotatable bonds is 6. The van der Waals surface area contributed by atoms with Crippen LogP contribution < -0.4 is 15.4 Å². The minimum absolute atomic E-state index is 0.334. The highest BCUT2D eigenvalue weighted by Crippen LogP contribution is 2.22. The Bertz CT molecular complexity index is 604. The summed E-state index contributed by atoms with van der Waals surface area (Å²) < 4.78 is 10.4. The molecule has 21 heavy (non-hydrogen) atoms. The maximum absolute atomic E-state index is 5.82. The van der Waals surface area contributed by atoms with Crippen molar-refractivity contribution >= 4 is 11.6 Å². The number of ether oxygens (including phenoxy) is 2. The van der Waals surface area contributed by atoms with Crippen LogP contribution in [0.5, 0.6) is 5.75 Å². The van der Waals surface area contributed by atoms with Gasteiger partial charge in [-0.2, -0.15) is 0 Å². The average molecular weight is 288 g/mol. The van der Waals surface area contributed by atoms with Crippen molar-refractivity contribution in [1.82, 2.24) is 9.97 Å². The fourth-order valence-electron chi connectivity index (χ4n) is 2.06. The number of anilines is 2. The number of aromatic nitrogens is 2. The Balaban J connectivity index is 2.21. The second-order valence-corrected chi connectivity index (χ2v) is 4.67. The van der Waals surface area contributed by atoms with Crippen molar-refractivity contribution in [3.05, 3.63) is 41.7 Å². The van der Waals surface area contributed by atoms with Crippen LogP contribution in [-0.2, 0) is 17.9 Å². The molecule has 0 aliphatic heterocycles. The van der Waals surface area contributed by atoms with Gasteiger partial charge in [-0.1, -0.05) is 18.2 Å². The van der Waals surface area contributed by atoms with Gasteiger partial charge in [0.15, 0.2) is 5.82 Å². The molecule has 6 heteroatoms. The summed E-state index contributed by atoms with van der Waals surface area (Å²) in [4.78, 5) is 10.6. The number of nitrogens with two attached hydrogens (primary N) is 1. The van der Waals surface area contributed by atoms with Gasteiger partial charge in [-0.15, -0.1) is 0 Å². The minimum Gasteiger partial charge on any atom is -0.496 e. The molecule has 2 rings (SSSR count). The Hall–Kier alpha value is -2.34. The number of para-hydroxylation sites is 1. The number of nitrogen functional groups attached to an aromatic ring is 1. The van der Waals surface area contributed by atoms with Crippen LogP contribution in [-0.4, -0.2) is 31.2 Å². The molecule has 0 aliphatic carbocycles. The topological polar surface area (TPSA) is 73.5 Å². The molecule has 0 bridgehead atoms. The van der Waals surface area contributed by atoms with E-state index in [-0.39, 0.29) is 0 Å². The van der Waals surface area contributed by atoms with Crippen molar-refractivity contribution in [3.63, 3.8) is 0 Å². The van der Waals surface area contributed by atoms with Crippen LogP contribution in [0.1, 0.15) is 11.4 Å². The quantitative estimate of drug-likeness (QED) is 0.874. The highest BCUT2D eigenvalue weighted by molar-refractivity contribution is 5.48. The van der Waals surface area contributed by atoms with Crippen molar-refractivity contribution in [1.29, 1.82) is 0 Å². The van der Waals surface area contributed by atoms with Crippen LogP contribution >= 0.6 is 0 Å². The van der Waals surface area contributed by atoms with E-state index in [1.807, 2.05) is 36.2 Å². The molecule has 0 saturated heterocycles.